The molecule has 0 unspecified atom stereocenters. The number of carboxylic acid groups (broad SMARTS) is 1. The number of aryl methyl sites for hydroxylation is 1. The van der Waals surface area contributed by atoms with E-state index in [0.717, 1.165) is 17.2 Å². The largest absolute Gasteiger partial charge is 0.489 e. The Morgan fingerprint density at radius 1 is 1.03 bits per heavy atom. The Bertz CT molecular complexity index is 1170. The molecule has 0 spiro atoms. The van der Waals surface area contributed by atoms with Crippen molar-refractivity contribution in [3.05, 3.63) is 94.8 Å². The first-order chi connectivity index (χ1) is 14.7. The van der Waals surface area contributed by atoms with E-state index in [2.05, 4.69) is 4.72 Å². The van der Waals surface area contributed by atoms with E-state index >= 15 is 0 Å². The topological polar surface area (TPSA) is 92.7 Å². The minimum Gasteiger partial charge on any atom is -0.489 e. The Morgan fingerprint density at radius 3 is 2.32 bits per heavy atom. The molecule has 8 heteroatoms. The minimum atomic E-state index is -3.82. The summed E-state index contributed by atoms with van der Waals surface area (Å²) in [6.07, 6.45) is 0.453. The molecule has 0 saturated carbocycles. The Morgan fingerprint density at radius 2 is 1.68 bits per heavy atom. The third-order valence-electron chi connectivity index (χ3n) is 4.70. The van der Waals surface area contributed by atoms with Crippen LogP contribution in [0.3, 0.4) is 0 Å². The van der Waals surface area contributed by atoms with Crippen LogP contribution >= 0.6 is 0 Å². The average Bonchev–Trinajstić information content (AvgIpc) is 2.74. The fraction of sp³-hybridized carbons (Fsp3) is 0.174. The van der Waals surface area contributed by atoms with Gasteiger partial charge in [-0.15, -0.1) is 0 Å². The number of carboxylic acids is 1. The van der Waals surface area contributed by atoms with Gasteiger partial charge in [-0.3, -0.25) is 0 Å². The maximum Gasteiger partial charge on any atom is 0.335 e. The van der Waals surface area contributed by atoms with Crippen LogP contribution in [0.1, 0.15) is 28.5 Å². The van der Waals surface area contributed by atoms with Crippen molar-refractivity contribution in [2.45, 2.75) is 24.8 Å². The van der Waals surface area contributed by atoms with Crippen LogP contribution in [0.25, 0.3) is 0 Å². The Hall–Kier alpha value is -3.23. The smallest absolute Gasteiger partial charge is 0.335 e. The van der Waals surface area contributed by atoms with Gasteiger partial charge in [-0.05, 0) is 66.4 Å². The predicted octanol–water partition coefficient (Wildman–Crippen LogP) is 4.18. The molecule has 0 atom stereocenters. The number of aromatic carboxylic acids is 1. The van der Waals surface area contributed by atoms with Crippen molar-refractivity contribution in [1.29, 1.82) is 0 Å². The third kappa shape index (κ3) is 6.13. The lowest BCUT2D eigenvalue weighted by atomic mass is 10.1. The number of hydrogen-bond donors (Lipinski definition) is 2. The number of nitrogens with one attached hydrogen (secondary N) is 1. The van der Waals surface area contributed by atoms with Crippen molar-refractivity contribution in [2.75, 3.05) is 6.54 Å². The number of halogens is 1. The third-order valence-corrected chi connectivity index (χ3v) is 6.16. The summed E-state index contributed by atoms with van der Waals surface area (Å²) in [6.45, 7) is 2.09. The second-order valence-electron chi connectivity index (χ2n) is 6.99. The molecule has 31 heavy (non-hydrogen) atoms. The van der Waals surface area contributed by atoms with E-state index in [1.807, 2.05) is 12.1 Å². The minimum absolute atomic E-state index is 0. The summed E-state index contributed by atoms with van der Waals surface area (Å²) < 4.78 is 46.0. The van der Waals surface area contributed by atoms with Crippen LogP contribution in [-0.4, -0.2) is 26.0 Å². The van der Waals surface area contributed by atoms with E-state index in [0.29, 0.717) is 24.3 Å². The van der Waals surface area contributed by atoms with Gasteiger partial charge in [-0.1, -0.05) is 30.3 Å². The van der Waals surface area contributed by atoms with Gasteiger partial charge in [0, 0.05) is 7.97 Å². The van der Waals surface area contributed by atoms with Gasteiger partial charge in [-0.25, -0.2) is 22.3 Å². The molecule has 0 aromatic heterocycles. The number of carbonyl (C=O) groups is 1. The standard InChI is InChI=1S/C23H22FNO5S.H2/c1-16-2-11-21(14-22(16)23(26)27)31(28,29)25-13-12-17-5-9-20(10-6-17)30-15-18-3-7-19(24)8-4-18;/h2-11,14,25H,12-13,15H2,1H3,(H,26,27);1H. The SMILES string of the molecule is Cc1ccc(S(=O)(=O)NCCc2ccc(OCc3ccc(F)cc3)cc2)cc1C(=O)O.[HH]. The number of hydrogen-bond acceptors (Lipinski definition) is 4. The first-order valence-electron chi connectivity index (χ1n) is 9.54. The van der Waals surface area contributed by atoms with E-state index in [-0.39, 0.29) is 24.2 Å². The molecule has 164 valence electrons. The fourth-order valence-corrected chi connectivity index (χ4v) is 3.97. The summed E-state index contributed by atoms with van der Waals surface area (Å²) in [5.41, 5.74) is 2.21. The lowest BCUT2D eigenvalue weighted by Crippen LogP contribution is -2.26. The summed E-state index contributed by atoms with van der Waals surface area (Å²) in [5.74, 6) is -0.820. The van der Waals surface area contributed by atoms with Gasteiger partial charge in [0.2, 0.25) is 10.0 Å². The Balaban J connectivity index is 0.00000363. The summed E-state index contributed by atoms with van der Waals surface area (Å²) in [4.78, 5) is 11.1. The van der Waals surface area contributed by atoms with Crippen molar-refractivity contribution in [2.24, 2.45) is 0 Å². The van der Waals surface area contributed by atoms with E-state index in [4.69, 9.17) is 4.74 Å². The van der Waals surface area contributed by atoms with Gasteiger partial charge in [-0.2, -0.15) is 0 Å². The highest BCUT2D eigenvalue weighted by atomic mass is 32.2. The molecule has 0 bridgehead atoms. The van der Waals surface area contributed by atoms with Crippen molar-refractivity contribution in [1.82, 2.24) is 4.72 Å². The zero-order chi connectivity index (χ0) is 22.4. The molecule has 0 aliphatic heterocycles. The zero-order valence-electron chi connectivity index (χ0n) is 16.8. The second kappa shape index (κ2) is 9.72. The molecule has 0 aliphatic carbocycles. The predicted molar refractivity (Wildman–Crippen MR) is 116 cm³/mol. The molecule has 3 aromatic carbocycles. The lowest BCUT2D eigenvalue weighted by molar-refractivity contribution is 0.0696. The molecule has 0 radical (unpaired) electrons. The number of ether oxygens (including phenoxy) is 1. The average molecular weight is 446 g/mol. The van der Waals surface area contributed by atoms with Gasteiger partial charge in [0.25, 0.3) is 0 Å². The summed E-state index contributed by atoms with van der Waals surface area (Å²) in [5, 5.41) is 9.18. The highest BCUT2D eigenvalue weighted by molar-refractivity contribution is 7.89. The second-order valence-corrected chi connectivity index (χ2v) is 8.76. The van der Waals surface area contributed by atoms with Gasteiger partial charge >= 0.3 is 5.97 Å². The van der Waals surface area contributed by atoms with Crippen LogP contribution in [0.4, 0.5) is 4.39 Å². The van der Waals surface area contributed by atoms with Gasteiger partial charge in [0.1, 0.15) is 18.2 Å². The lowest BCUT2D eigenvalue weighted by Gasteiger charge is -2.10. The monoisotopic (exact) mass is 445 g/mol. The number of rotatable bonds is 9. The highest BCUT2D eigenvalue weighted by Crippen LogP contribution is 2.17. The van der Waals surface area contributed by atoms with E-state index in [9.17, 15) is 22.7 Å². The molecule has 0 aliphatic rings. The quantitative estimate of drug-likeness (QED) is 0.516. The van der Waals surface area contributed by atoms with E-state index in [1.165, 1.54) is 24.3 Å². The molecular formula is C23H24FNO5S. The Kier molecular flexibility index (Phi) is 7.04. The normalized spacial score (nSPS) is 11.3. The molecule has 0 saturated heterocycles. The molecule has 6 nitrogen and oxygen atoms in total. The van der Waals surface area contributed by atoms with E-state index in [1.54, 1.807) is 31.2 Å². The van der Waals surface area contributed by atoms with Gasteiger partial charge < -0.3 is 9.84 Å². The molecule has 0 fully saturated rings. The number of benzene rings is 3. The molecular weight excluding hydrogens is 421 g/mol. The van der Waals surface area contributed by atoms with Crippen LogP contribution in [0.2, 0.25) is 0 Å². The van der Waals surface area contributed by atoms with Crippen molar-refractivity contribution >= 4 is 16.0 Å². The first kappa shape index (κ1) is 22.5. The summed E-state index contributed by atoms with van der Waals surface area (Å²) in [6, 6.07) is 17.3. The van der Waals surface area contributed by atoms with Crippen molar-refractivity contribution in [3.63, 3.8) is 0 Å². The van der Waals surface area contributed by atoms with Gasteiger partial charge in [0.15, 0.2) is 0 Å². The van der Waals surface area contributed by atoms with Crippen LogP contribution in [0.15, 0.2) is 71.6 Å². The first-order valence-corrected chi connectivity index (χ1v) is 11.0. The molecule has 3 rings (SSSR count). The van der Waals surface area contributed by atoms with Crippen LogP contribution in [-0.2, 0) is 23.1 Å². The fourth-order valence-electron chi connectivity index (χ4n) is 2.91. The maximum atomic E-state index is 12.9. The molecule has 3 aromatic rings. The molecule has 2 N–H and O–H groups in total. The molecule has 0 amide bonds. The summed E-state index contributed by atoms with van der Waals surface area (Å²) in [7, 11) is -3.82. The number of sulfonamides is 1. The van der Waals surface area contributed by atoms with Crippen molar-refractivity contribution < 1.29 is 28.9 Å². The van der Waals surface area contributed by atoms with E-state index < -0.39 is 16.0 Å². The summed E-state index contributed by atoms with van der Waals surface area (Å²) >= 11 is 0. The van der Waals surface area contributed by atoms with Crippen LogP contribution in [0, 0.1) is 12.7 Å². The maximum absolute atomic E-state index is 12.9. The van der Waals surface area contributed by atoms with Crippen molar-refractivity contribution in [3.8, 4) is 5.75 Å². The molecule has 0 heterocycles. The highest BCUT2D eigenvalue weighted by Gasteiger charge is 2.17. The van der Waals surface area contributed by atoms with Gasteiger partial charge in [0.05, 0.1) is 10.5 Å². The zero-order valence-corrected chi connectivity index (χ0v) is 17.7. The van der Waals surface area contributed by atoms with Crippen LogP contribution < -0.4 is 9.46 Å². The Labute approximate surface area is 181 Å². The van der Waals surface area contributed by atoms with Crippen LogP contribution in [0.5, 0.6) is 5.75 Å².